The molecule has 1 atom stereocenters. The highest BCUT2D eigenvalue weighted by molar-refractivity contribution is 6.35. The van der Waals surface area contributed by atoms with Gasteiger partial charge in [-0.25, -0.2) is 4.98 Å². The van der Waals surface area contributed by atoms with Crippen LogP contribution in [0.3, 0.4) is 0 Å². The summed E-state index contributed by atoms with van der Waals surface area (Å²) in [5, 5.41) is 1.58. The van der Waals surface area contributed by atoms with E-state index in [0.29, 0.717) is 30.1 Å². The summed E-state index contributed by atoms with van der Waals surface area (Å²) in [5.74, 6) is 0.307. The number of hydrogen-bond acceptors (Lipinski definition) is 3. The quantitative estimate of drug-likeness (QED) is 0.639. The first-order chi connectivity index (χ1) is 14.3. The number of pyridine rings is 1. The monoisotopic (exact) mass is 424 g/mol. The van der Waals surface area contributed by atoms with Crippen LogP contribution in [0.1, 0.15) is 40.4 Å². The van der Waals surface area contributed by atoms with Crippen molar-refractivity contribution >= 4 is 34.4 Å². The summed E-state index contributed by atoms with van der Waals surface area (Å²) in [7, 11) is 5.43. The molecule has 30 heavy (non-hydrogen) atoms. The Kier molecular flexibility index (Phi) is 5.52. The van der Waals surface area contributed by atoms with E-state index in [1.54, 1.807) is 31.3 Å². The van der Waals surface area contributed by atoms with Crippen molar-refractivity contribution in [3.8, 4) is 0 Å². The molecule has 0 aliphatic carbocycles. The molecule has 1 fully saturated rings. The third kappa shape index (κ3) is 3.79. The summed E-state index contributed by atoms with van der Waals surface area (Å²) < 4.78 is 2.00. The number of piperidine rings is 1. The molecule has 0 N–H and O–H groups in total. The first-order valence-electron chi connectivity index (χ1n) is 10.0. The van der Waals surface area contributed by atoms with Crippen molar-refractivity contribution in [3.05, 3.63) is 64.4 Å². The number of carbonyl (C=O) groups excluding carboxylic acids is 2. The lowest BCUT2D eigenvalue weighted by Gasteiger charge is -2.32. The summed E-state index contributed by atoms with van der Waals surface area (Å²) >= 11 is 6.29. The molecule has 6 nitrogen and oxygen atoms in total. The lowest BCUT2D eigenvalue weighted by Crippen LogP contribution is -2.38. The second kappa shape index (κ2) is 8.11. The number of amides is 2. The average molecular weight is 425 g/mol. The van der Waals surface area contributed by atoms with E-state index in [1.807, 2.05) is 46.8 Å². The van der Waals surface area contributed by atoms with Crippen molar-refractivity contribution < 1.29 is 9.59 Å². The summed E-state index contributed by atoms with van der Waals surface area (Å²) in [6.07, 6.45) is 3.07. The fourth-order valence-electron chi connectivity index (χ4n) is 4.07. The number of nitrogens with zero attached hydrogens (tertiary/aromatic N) is 4. The molecule has 3 heterocycles. The molecular formula is C23H25ClN4O2. The number of benzene rings is 1. The number of rotatable bonds is 4. The molecule has 0 bridgehead atoms. The topological polar surface area (TPSA) is 58.4 Å². The van der Waals surface area contributed by atoms with Crippen LogP contribution >= 0.6 is 11.6 Å². The highest BCUT2D eigenvalue weighted by Gasteiger charge is 2.28. The van der Waals surface area contributed by atoms with Crippen molar-refractivity contribution in [1.82, 2.24) is 19.4 Å². The zero-order chi connectivity index (χ0) is 21.4. The predicted molar refractivity (Wildman–Crippen MR) is 118 cm³/mol. The van der Waals surface area contributed by atoms with Crippen molar-refractivity contribution in [2.45, 2.75) is 25.3 Å². The first-order valence-corrected chi connectivity index (χ1v) is 10.4. The summed E-state index contributed by atoms with van der Waals surface area (Å²) in [4.78, 5) is 32.8. The SMILES string of the molecule is CN(C)C(=O)c1ccc(C2CCN(Cc3cc4c(Cl)ccnc4n3C)C(=O)C2)cc1. The number of aromatic nitrogens is 2. The average Bonchev–Trinajstić information content (AvgIpc) is 3.06. The Morgan fingerprint density at radius 1 is 1.23 bits per heavy atom. The molecular weight excluding hydrogens is 400 g/mol. The molecule has 156 valence electrons. The Morgan fingerprint density at radius 3 is 2.60 bits per heavy atom. The molecule has 2 aromatic heterocycles. The second-order valence-corrected chi connectivity index (χ2v) is 8.46. The molecule has 4 rings (SSSR count). The van der Waals surface area contributed by atoms with E-state index in [-0.39, 0.29) is 17.7 Å². The van der Waals surface area contributed by atoms with E-state index in [9.17, 15) is 9.59 Å². The van der Waals surface area contributed by atoms with E-state index < -0.39 is 0 Å². The van der Waals surface area contributed by atoms with Crippen molar-refractivity contribution in [3.63, 3.8) is 0 Å². The summed E-state index contributed by atoms with van der Waals surface area (Å²) in [6.45, 7) is 1.25. The Balaban J connectivity index is 1.45. The second-order valence-electron chi connectivity index (χ2n) is 8.05. The number of fused-ring (bicyclic) bond motifs is 1. The molecule has 1 unspecified atom stereocenters. The standard InChI is InChI=1S/C23H25ClN4O2/c1-26(2)23(30)16-6-4-15(5-7-16)17-9-11-28(21(29)12-17)14-18-13-19-20(24)8-10-25-22(19)27(18)3/h4-8,10,13,17H,9,11-12,14H2,1-3H3. The maximum Gasteiger partial charge on any atom is 0.253 e. The van der Waals surface area contributed by atoms with Crippen LogP contribution in [0.15, 0.2) is 42.6 Å². The number of aryl methyl sites for hydroxylation is 1. The van der Waals surface area contributed by atoms with Crippen molar-refractivity contribution in [1.29, 1.82) is 0 Å². The number of hydrogen-bond donors (Lipinski definition) is 0. The minimum Gasteiger partial charge on any atom is -0.345 e. The van der Waals surface area contributed by atoms with E-state index in [0.717, 1.165) is 28.7 Å². The van der Waals surface area contributed by atoms with Crippen LogP contribution in [-0.4, -0.2) is 51.8 Å². The normalized spacial score (nSPS) is 16.9. The molecule has 1 aliphatic rings. The Morgan fingerprint density at radius 2 is 1.97 bits per heavy atom. The first kappa shape index (κ1) is 20.4. The largest absolute Gasteiger partial charge is 0.345 e. The van der Waals surface area contributed by atoms with Crippen molar-refractivity contribution in [2.75, 3.05) is 20.6 Å². The minimum atomic E-state index is -0.0167. The smallest absolute Gasteiger partial charge is 0.253 e. The number of likely N-dealkylation sites (tertiary alicyclic amines) is 1. The van der Waals surface area contributed by atoms with Crippen LogP contribution in [0.25, 0.3) is 11.0 Å². The van der Waals surface area contributed by atoms with Gasteiger partial charge in [0, 0.05) is 56.9 Å². The molecule has 0 saturated carbocycles. The van der Waals surface area contributed by atoms with Crippen LogP contribution < -0.4 is 0 Å². The van der Waals surface area contributed by atoms with Crippen LogP contribution in [0, 0.1) is 0 Å². The van der Waals surface area contributed by atoms with Gasteiger partial charge in [-0.3, -0.25) is 9.59 Å². The molecule has 0 radical (unpaired) electrons. The third-order valence-corrected chi connectivity index (χ3v) is 6.21. The van der Waals surface area contributed by atoms with E-state index in [4.69, 9.17) is 11.6 Å². The van der Waals surface area contributed by atoms with Crippen LogP contribution in [0.2, 0.25) is 5.02 Å². The zero-order valence-corrected chi connectivity index (χ0v) is 18.2. The van der Waals surface area contributed by atoms with Crippen LogP contribution in [-0.2, 0) is 18.4 Å². The van der Waals surface area contributed by atoms with Gasteiger partial charge >= 0.3 is 0 Å². The van der Waals surface area contributed by atoms with Gasteiger partial charge in [0.2, 0.25) is 5.91 Å². The lowest BCUT2D eigenvalue weighted by atomic mass is 9.88. The third-order valence-electron chi connectivity index (χ3n) is 5.88. The molecule has 1 aromatic carbocycles. The fourth-order valence-corrected chi connectivity index (χ4v) is 4.27. The zero-order valence-electron chi connectivity index (χ0n) is 17.4. The molecule has 7 heteroatoms. The van der Waals surface area contributed by atoms with Gasteiger partial charge in [0.15, 0.2) is 0 Å². The lowest BCUT2D eigenvalue weighted by molar-refractivity contribution is -0.134. The molecule has 1 aliphatic heterocycles. The summed E-state index contributed by atoms with van der Waals surface area (Å²) in [6, 6.07) is 11.4. The molecule has 0 spiro atoms. The van der Waals surface area contributed by atoms with Gasteiger partial charge in [0.25, 0.3) is 5.91 Å². The van der Waals surface area contributed by atoms with Gasteiger partial charge < -0.3 is 14.4 Å². The van der Waals surface area contributed by atoms with Crippen LogP contribution in [0.5, 0.6) is 0 Å². The number of carbonyl (C=O) groups is 2. The maximum absolute atomic E-state index is 12.9. The Bertz CT molecular complexity index is 1100. The summed E-state index contributed by atoms with van der Waals surface area (Å²) in [5.41, 5.74) is 3.62. The van der Waals surface area contributed by atoms with E-state index in [1.165, 1.54) is 0 Å². The fraction of sp³-hybridized carbons (Fsp3) is 0.348. The van der Waals surface area contributed by atoms with E-state index >= 15 is 0 Å². The van der Waals surface area contributed by atoms with Gasteiger partial charge in [-0.2, -0.15) is 0 Å². The van der Waals surface area contributed by atoms with Gasteiger partial charge in [0.05, 0.1) is 11.6 Å². The van der Waals surface area contributed by atoms with Crippen molar-refractivity contribution in [2.24, 2.45) is 7.05 Å². The Labute approximate surface area is 181 Å². The molecule has 2 amide bonds. The number of halogens is 1. The minimum absolute atomic E-state index is 0.0167. The molecule has 1 saturated heterocycles. The Hall–Kier alpha value is -2.86. The van der Waals surface area contributed by atoms with Crippen LogP contribution in [0.4, 0.5) is 0 Å². The van der Waals surface area contributed by atoms with Gasteiger partial charge in [0.1, 0.15) is 5.65 Å². The molecule has 3 aromatic rings. The van der Waals surface area contributed by atoms with Gasteiger partial charge in [-0.05, 0) is 42.2 Å². The van der Waals surface area contributed by atoms with Gasteiger partial charge in [-0.1, -0.05) is 23.7 Å². The highest BCUT2D eigenvalue weighted by Crippen LogP contribution is 2.31. The maximum atomic E-state index is 12.9. The van der Waals surface area contributed by atoms with E-state index in [2.05, 4.69) is 4.98 Å². The predicted octanol–water partition coefficient (Wildman–Crippen LogP) is 3.83. The highest BCUT2D eigenvalue weighted by atomic mass is 35.5. The van der Waals surface area contributed by atoms with Gasteiger partial charge in [-0.15, -0.1) is 0 Å².